The minimum atomic E-state index is -0.715. The summed E-state index contributed by atoms with van der Waals surface area (Å²) in [4.78, 5) is 37.1. The maximum atomic E-state index is 12.4. The Morgan fingerprint density at radius 2 is 2.18 bits per heavy atom. The molecule has 9 nitrogen and oxygen atoms in total. The van der Waals surface area contributed by atoms with Crippen molar-refractivity contribution >= 4 is 28.8 Å². The highest BCUT2D eigenvalue weighted by molar-refractivity contribution is 6.12. The molecule has 22 heavy (non-hydrogen) atoms. The Hall–Kier alpha value is -3.36. The number of primary amides is 1. The van der Waals surface area contributed by atoms with Gasteiger partial charge in [-0.15, -0.1) is 0 Å². The van der Waals surface area contributed by atoms with Crippen LogP contribution >= 0.6 is 0 Å². The number of hydrogen-bond donors (Lipinski definition) is 4. The van der Waals surface area contributed by atoms with E-state index in [0.29, 0.717) is 22.7 Å². The van der Waals surface area contributed by atoms with Crippen LogP contribution in [0.3, 0.4) is 0 Å². The number of fused-ring (bicyclic) bond motifs is 1. The van der Waals surface area contributed by atoms with Crippen molar-refractivity contribution < 1.29 is 14.3 Å². The normalized spacial score (nSPS) is 10.6. The van der Waals surface area contributed by atoms with Crippen molar-refractivity contribution in [1.82, 2.24) is 19.9 Å². The first-order valence-electron chi connectivity index (χ1n) is 6.27. The topological polar surface area (TPSA) is 139 Å². The smallest absolute Gasteiger partial charge is 0.284 e. The molecule has 2 heterocycles. The maximum absolute atomic E-state index is 12.4. The van der Waals surface area contributed by atoms with Crippen molar-refractivity contribution in [2.45, 2.75) is 0 Å². The number of rotatable bonds is 4. The Balaban J connectivity index is 2.09. The van der Waals surface area contributed by atoms with Crippen LogP contribution in [0.5, 0.6) is 5.75 Å². The molecule has 0 fully saturated rings. The molecule has 0 saturated heterocycles. The number of methoxy groups -OCH3 is 1. The van der Waals surface area contributed by atoms with Crippen LogP contribution in [-0.2, 0) is 0 Å². The number of hydrogen-bond acceptors (Lipinski definition) is 5. The molecule has 0 atom stereocenters. The van der Waals surface area contributed by atoms with Gasteiger partial charge in [0.15, 0.2) is 5.82 Å². The van der Waals surface area contributed by atoms with Crippen LogP contribution in [0, 0.1) is 0 Å². The van der Waals surface area contributed by atoms with Crippen molar-refractivity contribution in [3.63, 3.8) is 0 Å². The van der Waals surface area contributed by atoms with E-state index in [-0.39, 0.29) is 11.4 Å². The van der Waals surface area contributed by atoms with E-state index in [1.165, 1.54) is 19.4 Å². The Bertz CT molecular complexity index is 852. The van der Waals surface area contributed by atoms with Crippen LogP contribution in [0.1, 0.15) is 21.0 Å². The van der Waals surface area contributed by atoms with Crippen LogP contribution in [0.2, 0.25) is 0 Å². The lowest BCUT2D eigenvalue weighted by Crippen LogP contribution is -2.14. The molecule has 5 N–H and O–H groups in total. The number of nitrogens with two attached hydrogens (primary N) is 1. The Morgan fingerprint density at radius 3 is 2.82 bits per heavy atom. The monoisotopic (exact) mass is 300 g/mol. The molecule has 9 heteroatoms. The lowest BCUT2D eigenvalue weighted by atomic mass is 10.1. The zero-order valence-corrected chi connectivity index (χ0v) is 11.5. The molecule has 0 radical (unpaired) electrons. The third-order valence-corrected chi connectivity index (χ3v) is 3.01. The highest BCUT2D eigenvalue weighted by Gasteiger charge is 2.18. The van der Waals surface area contributed by atoms with Crippen molar-refractivity contribution in [3.05, 3.63) is 35.9 Å². The molecule has 2 amide bonds. The molecule has 0 spiro atoms. The van der Waals surface area contributed by atoms with Crippen LogP contribution in [-0.4, -0.2) is 38.9 Å². The SMILES string of the molecule is COc1cc(C(=O)Nc2ncc[nH]2)c2[nH]c(C(N)=O)nc2c1. The Labute approximate surface area is 123 Å². The predicted molar refractivity (Wildman–Crippen MR) is 77.7 cm³/mol. The number of carbonyl (C=O) groups excluding carboxylic acids is 2. The molecular formula is C13H12N6O3. The van der Waals surface area contributed by atoms with Gasteiger partial charge in [0.2, 0.25) is 5.95 Å². The van der Waals surface area contributed by atoms with Gasteiger partial charge >= 0.3 is 0 Å². The first-order chi connectivity index (χ1) is 10.6. The fourth-order valence-corrected chi connectivity index (χ4v) is 2.01. The van der Waals surface area contributed by atoms with E-state index in [0.717, 1.165) is 0 Å². The Kier molecular flexibility index (Phi) is 3.22. The fourth-order valence-electron chi connectivity index (χ4n) is 2.01. The van der Waals surface area contributed by atoms with E-state index in [9.17, 15) is 9.59 Å². The highest BCUT2D eigenvalue weighted by atomic mass is 16.5. The van der Waals surface area contributed by atoms with Gasteiger partial charge in [-0.25, -0.2) is 9.97 Å². The summed E-state index contributed by atoms with van der Waals surface area (Å²) in [5.74, 6) is -0.448. The average Bonchev–Trinajstić information content (AvgIpc) is 3.14. The lowest BCUT2D eigenvalue weighted by molar-refractivity contribution is 0.0989. The van der Waals surface area contributed by atoms with Crippen molar-refractivity contribution in [2.24, 2.45) is 5.73 Å². The molecule has 3 rings (SSSR count). The van der Waals surface area contributed by atoms with Gasteiger partial charge in [0.25, 0.3) is 11.8 Å². The number of ether oxygens (including phenoxy) is 1. The van der Waals surface area contributed by atoms with Crippen molar-refractivity contribution in [3.8, 4) is 5.75 Å². The van der Waals surface area contributed by atoms with Gasteiger partial charge in [-0.05, 0) is 6.07 Å². The van der Waals surface area contributed by atoms with Gasteiger partial charge in [0.05, 0.1) is 23.7 Å². The van der Waals surface area contributed by atoms with E-state index in [1.807, 2.05) is 0 Å². The van der Waals surface area contributed by atoms with Gasteiger partial charge in [0.1, 0.15) is 5.75 Å². The molecule has 2 aromatic heterocycles. The number of nitrogens with one attached hydrogen (secondary N) is 3. The Morgan fingerprint density at radius 1 is 1.36 bits per heavy atom. The van der Waals surface area contributed by atoms with E-state index < -0.39 is 11.8 Å². The first-order valence-corrected chi connectivity index (χ1v) is 6.27. The summed E-state index contributed by atoms with van der Waals surface area (Å²) in [7, 11) is 1.47. The molecule has 0 aliphatic rings. The van der Waals surface area contributed by atoms with Crippen LogP contribution < -0.4 is 15.8 Å². The van der Waals surface area contributed by atoms with E-state index in [1.54, 1.807) is 12.3 Å². The zero-order valence-electron chi connectivity index (χ0n) is 11.5. The quantitative estimate of drug-likeness (QED) is 0.560. The largest absolute Gasteiger partial charge is 0.497 e. The third kappa shape index (κ3) is 2.35. The molecule has 3 aromatic rings. The summed E-state index contributed by atoms with van der Waals surface area (Å²) in [6.07, 6.45) is 3.09. The number of aromatic nitrogens is 4. The second kappa shape index (κ2) is 5.20. The second-order valence-corrected chi connectivity index (χ2v) is 4.41. The molecule has 1 aromatic carbocycles. The number of anilines is 1. The predicted octanol–water partition coefficient (Wildman–Crippen LogP) is 0.646. The van der Waals surface area contributed by atoms with Gasteiger partial charge in [-0.1, -0.05) is 0 Å². The summed E-state index contributed by atoms with van der Waals surface area (Å²) in [6, 6.07) is 3.13. The zero-order chi connectivity index (χ0) is 15.7. The summed E-state index contributed by atoms with van der Waals surface area (Å²) < 4.78 is 5.14. The number of H-pyrrole nitrogens is 2. The van der Waals surface area contributed by atoms with E-state index >= 15 is 0 Å². The molecule has 0 unspecified atom stereocenters. The van der Waals surface area contributed by atoms with Crippen LogP contribution in [0.15, 0.2) is 24.5 Å². The molecule has 112 valence electrons. The average molecular weight is 300 g/mol. The summed E-state index contributed by atoms with van der Waals surface area (Å²) in [5, 5.41) is 2.60. The molecule has 0 aliphatic heterocycles. The van der Waals surface area contributed by atoms with E-state index in [2.05, 4.69) is 25.3 Å². The van der Waals surface area contributed by atoms with Crippen molar-refractivity contribution in [2.75, 3.05) is 12.4 Å². The number of imidazole rings is 2. The molecule has 0 saturated carbocycles. The van der Waals surface area contributed by atoms with Gasteiger partial charge < -0.3 is 20.4 Å². The second-order valence-electron chi connectivity index (χ2n) is 4.41. The third-order valence-electron chi connectivity index (χ3n) is 3.01. The highest BCUT2D eigenvalue weighted by Crippen LogP contribution is 2.24. The van der Waals surface area contributed by atoms with Gasteiger partial charge in [-0.2, -0.15) is 0 Å². The maximum Gasteiger partial charge on any atom is 0.284 e. The van der Waals surface area contributed by atoms with Gasteiger partial charge in [0, 0.05) is 18.5 Å². The minimum absolute atomic E-state index is 0.0321. The minimum Gasteiger partial charge on any atom is -0.497 e. The number of carbonyl (C=O) groups is 2. The number of amides is 2. The molecular weight excluding hydrogens is 288 g/mol. The number of nitrogens with zero attached hydrogens (tertiary/aromatic N) is 2. The molecule has 0 bridgehead atoms. The van der Waals surface area contributed by atoms with Gasteiger partial charge in [-0.3, -0.25) is 14.9 Å². The summed E-state index contributed by atoms with van der Waals surface area (Å²) in [5.41, 5.74) is 6.25. The lowest BCUT2D eigenvalue weighted by Gasteiger charge is -2.06. The van der Waals surface area contributed by atoms with Crippen LogP contribution in [0.25, 0.3) is 11.0 Å². The fraction of sp³-hybridized carbons (Fsp3) is 0.0769. The van der Waals surface area contributed by atoms with E-state index in [4.69, 9.17) is 10.5 Å². The standard InChI is InChI=1S/C13H12N6O3/c1-22-6-4-7(12(21)19-13-15-2-3-16-13)9-8(5-6)17-11(18-9)10(14)20/h2-5H,1H3,(H2,14,20)(H,17,18)(H2,15,16,19,21). The summed E-state index contributed by atoms with van der Waals surface area (Å²) >= 11 is 0. The number of aromatic amines is 2. The molecule has 0 aliphatic carbocycles. The van der Waals surface area contributed by atoms with Crippen LogP contribution in [0.4, 0.5) is 5.95 Å². The summed E-state index contributed by atoms with van der Waals surface area (Å²) in [6.45, 7) is 0. The first kappa shape index (κ1) is 13.6. The number of benzene rings is 1. The van der Waals surface area contributed by atoms with Crippen molar-refractivity contribution in [1.29, 1.82) is 0 Å².